The Hall–Kier alpha value is -0.940. The molecule has 2 rings (SSSR count). The maximum Gasteiger partial charge on any atom is 0.337 e. The molecule has 19 heavy (non-hydrogen) atoms. The van der Waals surface area contributed by atoms with E-state index in [4.69, 9.17) is 16.7 Å². The molecular weight excluding hydrogens is 284 g/mol. The van der Waals surface area contributed by atoms with Gasteiger partial charge in [0.1, 0.15) is 5.82 Å². The van der Waals surface area contributed by atoms with Crippen LogP contribution in [0.2, 0.25) is 5.02 Å². The van der Waals surface area contributed by atoms with Gasteiger partial charge in [-0.05, 0) is 25.2 Å². The standard InChI is InChI=1S/C13H17ClN2O2S/c1-19-11-5-3-2-4-10(11)16-12-6-8(13(17)18)9(14)7-15-12/h6-7,10-11H,2-5H2,1H3,(H,15,16)(H,17,18). The fourth-order valence-electron chi connectivity index (χ4n) is 2.42. The average Bonchev–Trinajstić information content (AvgIpc) is 2.41. The number of hydrogen-bond acceptors (Lipinski definition) is 4. The molecule has 1 heterocycles. The van der Waals surface area contributed by atoms with E-state index < -0.39 is 5.97 Å². The minimum Gasteiger partial charge on any atom is -0.478 e. The Morgan fingerprint density at radius 2 is 2.26 bits per heavy atom. The molecule has 4 nitrogen and oxygen atoms in total. The van der Waals surface area contributed by atoms with Crippen molar-refractivity contribution in [3.63, 3.8) is 0 Å². The van der Waals surface area contributed by atoms with Crippen molar-refractivity contribution in [1.82, 2.24) is 4.98 Å². The van der Waals surface area contributed by atoms with Gasteiger partial charge in [-0.15, -0.1) is 0 Å². The number of halogens is 1. The molecule has 1 aromatic heterocycles. The molecular formula is C13H17ClN2O2S. The molecule has 2 atom stereocenters. The number of pyridine rings is 1. The van der Waals surface area contributed by atoms with Gasteiger partial charge < -0.3 is 10.4 Å². The highest BCUT2D eigenvalue weighted by atomic mass is 35.5. The van der Waals surface area contributed by atoms with Crippen molar-refractivity contribution >= 4 is 35.1 Å². The molecule has 1 aliphatic rings. The summed E-state index contributed by atoms with van der Waals surface area (Å²) in [6, 6.07) is 1.86. The molecule has 0 radical (unpaired) electrons. The highest BCUT2D eigenvalue weighted by Gasteiger charge is 2.24. The van der Waals surface area contributed by atoms with Crippen LogP contribution in [0.5, 0.6) is 0 Å². The largest absolute Gasteiger partial charge is 0.478 e. The van der Waals surface area contributed by atoms with Crippen LogP contribution in [0.4, 0.5) is 5.82 Å². The van der Waals surface area contributed by atoms with Crippen LogP contribution in [0, 0.1) is 0 Å². The Bertz CT molecular complexity index is 470. The Labute approximate surface area is 121 Å². The Morgan fingerprint density at radius 3 is 2.95 bits per heavy atom. The van der Waals surface area contributed by atoms with Crippen molar-refractivity contribution < 1.29 is 9.90 Å². The molecule has 0 saturated heterocycles. The number of aromatic carboxylic acids is 1. The summed E-state index contributed by atoms with van der Waals surface area (Å²) in [5.74, 6) is -0.437. The van der Waals surface area contributed by atoms with Gasteiger partial charge in [-0.3, -0.25) is 0 Å². The number of carboxylic acid groups (broad SMARTS) is 1. The summed E-state index contributed by atoms with van der Waals surface area (Å²) >= 11 is 7.67. The zero-order valence-corrected chi connectivity index (χ0v) is 12.3. The third-order valence-electron chi connectivity index (χ3n) is 3.42. The molecule has 2 unspecified atom stereocenters. The molecule has 2 N–H and O–H groups in total. The molecule has 1 fully saturated rings. The Balaban J connectivity index is 2.14. The van der Waals surface area contributed by atoms with Crippen LogP contribution in [0.15, 0.2) is 12.3 Å². The summed E-state index contributed by atoms with van der Waals surface area (Å²) in [6.45, 7) is 0. The Kier molecular flexibility index (Phi) is 4.93. The van der Waals surface area contributed by atoms with Crippen molar-refractivity contribution in [3.8, 4) is 0 Å². The number of rotatable bonds is 4. The van der Waals surface area contributed by atoms with Crippen molar-refractivity contribution in [2.75, 3.05) is 11.6 Å². The number of thioether (sulfide) groups is 1. The van der Waals surface area contributed by atoms with E-state index in [1.165, 1.54) is 31.5 Å². The molecule has 1 saturated carbocycles. The number of aromatic nitrogens is 1. The molecule has 0 amide bonds. The van der Waals surface area contributed by atoms with Gasteiger partial charge in [0, 0.05) is 17.5 Å². The lowest BCUT2D eigenvalue weighted by molar-refractivity contribution is 0.0697. The highest BCUT2D eigenvalue weighted by Crippen LogP contribution is 2.29. The lowest BCUT2D eigenvalue weighted by Gasteiger charge is -2.31. The molecule has 0 aromatic carbocycles. The number of nitrogens with zero attached hydrogens (tertiary/aromatic N) is 1. The first-order valence-corrected chi connectivity index (χ1v) is 7.96. The van der Waals surface area contributed by atoms with Crippen LogP contribution in [0.25, 0.3) is 0 Å². The van der Waals surface area contributed by atoms with Crippen molar-refractivity contribution in [2.24, 2.45) is 0 Å². The summed E-state index contributed by atoms with van der Waals surface area (Å²) in [5, 5.41) is 13.1. The first-order chi connectivity index (χ1) is 9.11. The lowest BCUT2D eigenvalue weighted by Crippen LogP contribution is -2.34. The first-order valence-electron chi connectivity index (χ1n) is 6.30. The van der Waals surface area contributed by atoms with Gasteiger partial charge in [-0.1, -0.05) is 24.4 Å². The van der Waals surface area contributed by atoms with Crippen molar-refractivity contribution in [2.45, 2.75) is 37.0 Å². The SMILES string of the molecule is CSC1CCCCC1Nc1cc(C(=O)O)c(Cl)cn1. The molecule has 1 aliphatic carbocycles. The van der Waals surface area contributed by atoms with Gasteiger partial charge in [0.2, 0.25) is 0 Å². The van der Waals surface area contributed by atoms with E-state index in [1.807, 2.05) is 11.8 Å². The number of nitrogens with one attached hydrogen (secondary N) is 1. The summed E-state index contributed by atoms with van der Waals surface area (Å²) < 4.78 is 0. The van der Waals surface area contributed by atoms with Gasteiger partial charge >= 0.3 is 5.97 Å². The van der Waals surface area contributed by atoms with E-state index >= 15 is 0 Å². The van der Waals surface area contributed by atoms with Crippen LogP contribution in [-0.4, -0.2) is 33.6 Å². The van der Waals surface area contributed by atoms with Crippen LogP contribution >= 0.6 is 23.4 Å². The van der Waals surface area contributed by atoms with Gasteiger partial charge in [-0.2, -0.15) is 11.8 Å². The van der Waals surface area contributed by atoms with E-state index in [1.54, 1.807) is 0 Å². The quantitative estimate of drug-likeness (QED) is 0.891. The Morgan fingerprint density at radius 1 is 1.53 bits per heavy atom. The van der Waals surface area contributed by atoms with Crippen LogP contribution in [-0.2, 0) is 0 Å². The monoisotopic (exact) mass is 300 g/mol. The summed E-state index contributed by atoms with van der Waals surface area (Å²) in [7, 11) is 0. The topological polar surface area (TPSA) is 62.2 Å². The number of anilines is 1. The molecule has 1 aromatic rings. The molecule has 6 heteroatoms. The summed E-state index contributed by atoms with van der Waals surface area (Å²) in [4.78, 5) is 15.2. The van der Waals surface area contributed by atoms with Crippen LogP contribution in [0.1, 0.15) is 36.0 Å². The number of hydrogen-bond donors (Lipinski definition) is 2. The number of carboxylic acids is 1. The second-order valence-electron chi connectivity index (χ2n) is 4.66. The maximum atomic E-state index is 11.0. The van der Waals surface area contributed by atoms with Crippen molar-refractivity contribution in [3.05, 3.63) is 22.8 Å². The van der Waals surface area contributed by atoms with Gasteiger partial charge in [0.25, 0.3) is 0 Å². The third-order valence-corrected chi connectivity index (χ3v) is 4.90. The normalized spacial score (nSPS) is 23.1. The summed E-state index contributed by atoms with van der Waals surface area (Å²) in [6.07, 6.45) is 8.26. The smallest absolute Gasteiger partial charge is 0.337 e. The fraction of sp³-hybridized carbons (Fsp3) is 0.538. The van der Waals surface area contributed by atoms with Gasteiger partial charge in [0.05, 0.1) is 10.6 Å². The predicted molar refractivity (Wildman–Crippen MR) is 79.4 cm³/mol. The van der Waals surface area contributed by atoms with E-state index in [0.717, 1.165) is 6.42 Å². The van der Waals surface area contributed by atoms with E-state index in [9.17, 15) is 4.79 Å². The molecule has 104 valence electrons. The van der Waals surface area contributed by atoms with E-state index in [0.29, 0.717) is 17.1 Å². The second kappa shape index (κ2) is 6.48. The van der Waals surface area contributed by atoms with Crippen LogP contribution in [0.3, 0.4) is 0 Å². The molecule has 0 aliphatic heterocycles. The van der Waals surface area contributed by atoms with Crippen LogP contribution < -0.4 is 5.32 Å². The second-order valence-corrected chi connectivity index (χ2v) is 6.15. The minimum atomic E-state index is -1.03. The lowest BCUT2D eigenvalue weighted by atomic mass is 9.95. The van der Waals surface area contributed by atoms with Gasteiger partial charge in [-0.25, -0.2) is 9.78 Å². The number of carbonyl (C=O) groups is 1. The highest BCUT2D eigenvalue weighted by molar-refractivity contribution is 7.99. The average molecular weight is 301 g/mol. The molecule has 0 spiro atoms. The zero-order chi connectivity index (χ0) is 13.8. The maximum absolute atomic E-state index is 11.0. The van der Waals surface area contributed by atoms with Gasteiger partial charge in [0.15, 0.2) is 0 Å². The van der Waals surface area contributed by atoms with E-state index in [2.05, 4.69) is 16.6 Å². The van der Waals surface area contributed by atoms with E-state index in [-0.39, 0.29) is 10.6 Å². The molecule has 0 bridgehead atoms. The van der Waals surface area contributed by atoms with Crippen molar-refractivity contribution in [1.29, 1.82) is 0 Å². The zero-order valence-electron chi connectivity index (χ0n) is 10.7. The minimum absolute atomic E-state index is 0.0932. The fourth-order valence-corrected chi connectivity index (χ4v) is 3.53. The first kappa shape index (κ1) is 14.5. The third kappa shape index (κ3) is 3.54. The predicted octanol–water partition coefficient (Wildman–Crippen LogP) is 3.52. The summed E-state index contributed by atoms with van der Waals surface area (Å²) in [5.41, 5.74) is 0.0932.